The Morgan fingerprint density at radius 3 is 2.40 bits per heavy atom. The number of rotatable bonds is 6. The molecule has 2 rings (SSSR count). The first kappa shape index (κ1) is 14.4. The molecule has 2 N–H and O–H groups in total. The van der Waals surface area contributed by atoms with E-state index in [1.807, 2.05) is 32.0 Å². The van der Waals surface area contributed by atoms with Gasteiger partial charge in [-0.1, -0.05) is 18.2 Å². The van der Waals surface area contributed by atoms with E-state index in [2.05, 4.69) is 5.32 Å². The molecular formula is C15H19NO4. The first-order valence-electron chi connectivity index (χ1n) is 6.64. The summed E-state index contributed by atoms with van der Waals surface area (Å²) in [5, 5.41) is 11.6. The Balaban J connectivity index is 1.83. The summed E-state index contributed by atoms with van der Waals surface area (Å²) in [5.74, 6) is -0.421. The Kier molecular flexibility index (Phi) is 3.97. The van der Waals surface area contributed by atoms with Crippen LogP contribution in [-0.4, -0.2) is 30.1 Å². The monoisotopic (exact) mass is 277 g/mol. The van der Waals surface area contributed by atoms with Gasteiger partial charge < -0.3 is 15.2 Å². The number of aliphatic carboxylic acids is 1. The van der Waals surface area contributed by atoms with Crippen LogP contribution in [-0.2, 0) is 9.59 Å². The molecule has 1 aromatic rings. The van der Waals surface area contributed by atoms with E-state index in [9.17, 15) is 9.59 Å². The molecule has 0 aromatic heterocycles. The van der Waals surface area contributed by atoms with Gasteiger partial charge in [-0.25, -0.2) is 0 Å². The lowest BCUT2D eigenvalue weighted by Gasteiger charge is -2.13. The molecule has 0 unspecified atom stereocenters. The van der Waals surface area contributed by atoms with E-state index < -0.39 is 11.4 Å². The lowest BCUT2D eigenvalue weighted by molar-refractivity contribution is -0.143. The average Bonchev–Trinajstić information content (AvgIpc) is 3.17. The zero-order valence-corrected chi connectivity index (χ0v) is 11.7. The van der Waals surface area contributed by atoms with Gasteiger partial charge in [0.05, 0.1) is 5.41 Å². The summed E-state index contributed by atoms with van der Waals surface area (Å²) < 4.78 is 5.52. The second kappa shape index (κ2) is 5.53. The molecule has 1 aliphatic rings. The number of carboxylic acid groups (broad SMARTS) is 1. The van der Waals surface area contributed by atoms with Crippen molar-refractivity contribution in [2.45, 2.75) is 26.7 Å². The number of amides is 1. The van der Waals surface area contributed by atoms with Crippen molar-refractivity contribution in [1.29, 1.82) is 0 Å². The highest BCUT2D eigenvalue weighted by molar-refractivity contribution is 5.81. The van der Waals surface area contributed by atoms with Gasteiger partial charge in [0.2, 0.25) is 0 Å². The summed E-state index contributed by atoms with van der Waals surface area (Å²) in [6, 6.07) is 5.77. The molecule has 0 saturated heterocycles. The Labute approximate surface area is 117 Å². The third-order valence-corrected chi connectivity index (χ3v) is 3.69. The molecule has 5 heteroatoms. The molecule has 1 fully saturated rings. The fourth-order valence-electron chi connectivity index (χ4n) is 2.10. The van der Waals surface area contributed by atoms with Crippen LogP contribution in [0.25, 0.3) is 0 Å². The summed E-state index contributed by atoms with van der Waals surface area (Å²) in [4.78, 5) is 22.7. The Morgan fingerprint density at radius 1 is 1.30 bits per heavy atom. The summed E-state index contributed by atoms with van der Waals surface area (Å²) >= 11 is 0. The lowest BCUT2D eigenvalue weighted by Crippen LogP contribution is -2.36. The molecule has 0 heterocycles. The quantitative estimate of drug-likeness (QED) is 0.829. The predicted octanol–water partition coefficient (Wildman–Crippen LogP) is 1.66. The van der Waals surface area contributed by atoms with Crippen molar-refractivity contribution in [2.75, 3.05) is 13.2 Å². The molecule has 0 aliphatic heterocycles. The number of aryl methyl sites for hydroxylation is 2. The van der Waals surface area contributed by atoms with Gasteiger partial charge in [0.15, 0.2) is 6.61 Å². The number of carbonyl (C=O) groups is 2. The van der Waals surface area contributed by atoms with Crippen LogP contribution in [0.5, 0.6) is 5.75 Å². The Morgan fingerprint density at radius 2 is 1.90 bits per heavy atom. The Bertz CT molecular complexity index is 514. The van der Waals surface area contributed by atoms with Gasteiger partial charge in [-0.05, 0) is 37.8 Å². The maximum atomic E-state index is 11.7. The summed E-state index contributed by atoms with van der Waals surface area (Å²) in [6.45, 7) is 3.92. The first-order chi connectivity index (χ1) is 9.44. The maximum absolute atomic E-state index is 11.7. The maximum Gasteiger partial charge on any atom is 0.311 e. The molecule has 1 amide bonds. The fraction of sp³-hybridized carbons (Fsp3) is 0.467. The molecule has 0 bridgehead atoms. The molecule has 1 aliphatic carbocycles. The molecule has 20 heavy (non-hydrogen) atoms. The second-order valence-electron chi connectivity index (χ2n) is 5.37. The molecule has 1 saturated carbocycles. The number of hydrogen-bond acceptors (Lipinski definition) is 3. The number of carbonyl (C=O) groups excluding carboxylic acids is 1. The highest BCUT2D eigenvalue weighted by atomic mass is 16.5. The molecule has 0 spiro atoms. The molecule has 0 radical (unpaired) electrons. The average molecular weight is 277 g/mol. The van der Waals surface area contributed by atoms with Gasteiger partial charge in [0.1, 0.15) is 5.75 Å². The SMILES string of the molecule is Cc1cccc(C)c1OCC(=O)NCC1(C(=O)O)CC1. The minimum atomic E-state index is -0.839. The van der Waals surface area contributed by atoms with E-state index in [-0.39, 0.29) is 19.1 Å². The molecule has 5 nitrogen and oxygen atoms in total. The van der Waals surface area contributed by atoms with Crippen LogP contribution in [0.2, 0.25) is 0 Å². The first-order valence-corrected chi connectivity index (χ1v) is 6.64. The topological polar surface area (TPSA) is 75.6 Å². The smallest absolute Gasteiger partial charge is 0.311 e. The number of nitrogens with one attached hydrogen (secondary N) is 1. The molecular weight excluding hydrogens is 258 g/mol. The molecule has 0 atom stereocenters. The van der Waals surface area contributed by atoms with Gasteiger partial charge in [-0.15, -0.1) is 0 Å². The fourth-order valence-corrected chi connectivity index (χ4v) is 2.10. The predicted molar refractivity (Wildman–Crippen MR) is 73.7 cm³/mol. The van der Waals surface area contributed by atoms with E-state index >= 15 is 0 Å². The van der Waals surface area contributed by atoms with Gasteiger partial charge in [-0.3, -0.25) is 9.59 Å². The van der Waals surface area contributed by atoms with Crippen LogP contribution < -0.4 is 10.1 Å². The number of ether oxygens (including phenoxy) is 1. The van der Waals surface area contributed by atoms with Crippen molar-refractivity contribution >= 4 is 11.9 Å². The van der Waals surface area contributed by atoms with Gasteiger partial charge in [0.25, 0.3) is 5.91 Å². The zero-order valence-electron chi connectivity index (χ0n) is 11.7. The molecule has 1 aromatic carbocycles. The highest BCUT2D eigenvalue weighted by Gasteiger charge is 2.50. The summed E-state index contributed by atoms with van der Waals surface area (Å²) in [6.07, 6.45) is 1.25. The van der Waals surface area contributed by atoms with E-state index in [1.165, 1.54) is 0 Å². The van der Waals surface area contributed by atoms with E-state index in [0.717, 1.165) is 11.1 Å². The van der Waals surface area contributed by atoms with Crippen LogP contribution >= 0.6 is 0 Å². The third-order valence-electron chi connectivity index (χ3n) is 3.69. The van der Waals surface area contributed by atoms with Crippen LogP contribution in [0.15, 0.2) is 18.2 Å². The second-order valence-corrected chi connectivity index (χ2v) is 5.37. The van der Waals surface area contributed by atoms with Crippen molar-refractivity contribution in [3.8, 4) is 5.75 Å². The van der Waals surface area contributed by atoms with Gasteiger partial charge in [-0.2, -0.15) is 0 Å². The van der Waals surface area contributed by atoms with E-state index in [4.69, 9.17) is 9.84 Å². The number of para-hydroxylation sites is 1. The largest absolute Gasteiger partial charge is 0.483 e. The van der Waals surface area contributed by atoms with Crippen LogP contribution in [0.4, 0.5) is 0 Å². The minimum absolute atomic E-state index is 0.0958. The highest BCUT2D eigenvalue weighted by Crippen LogP contribution is 2.45. The van der Waals surface area contributed by atoms with Crippen molar-refractivity contribution in [3.63, 3.8) is 0 Å². The summed E-state index contributed by atoms with van der Waals surface area (Å²) in [5.41, 5.74) is 1.21. The van der Waals surface area contributed by atoms with E-state index in [1.54, 1.807) is 0 Å². The number of benzene rings is 1. The normalized spacial score (nSPS) is 15.5. The third kappa shape index (κ3) is 3.10. The summed E-state index contributed by atoms with van der Waals surface area (Å²) in [7, 11) is 0. The van der Waals surface area contributed by atoms with Crippen molar-refractivity contribution < 1.29 is 19.4 Å². The number of carboxylic acids is 1. The van der Waals surface area contributed by atoms with E-state index in [0.29, 0.717) is 18.6 Å². The van der Waals surface area contributed by atoms with Gasteiger partial charge in [0, 0.05) is 6.54 Å². The van der Waals surface area contributed by atoms with Crippen molar-refractivity contribution in [3.05, 3.63) is 29.3 Å². The number of hydrogen-bond donors (Lipinski definition) is 2. The zero-order chi connectivity index (χ0) is 14.8. The van der Waals surface area contributed by atoms with Gasteiger partial charge >= 0.3 is 5.97 Å². The van der Waals surface area contributed by atoms with Crippen LogP contribution in [0, 0.1) is 19.3 Å². The van der Waals surface area contributed by atoms with Crippen molar-refractivity contribution in [1.82, 2.24) is 5.32 Å². The minimum Gasteiger partial charge on any atom is -0.483 e. The Hall–Kier alpha value is -2.04. The van der Waals surface area contributed by atoms with Crippen LogP contribution in [0.1, 0.15) is 24.0 Å². The standard InChI is InChI=1S/C15H19NO4/c1-10-4-3-5-11(2)13(10)20-8-12(17)16-9-15(6-7-15)14(18)19/h3-5H,6-9H2,1-2H3,(H,16,17)(H,18,19). The van der Waals surface area contributed by atoms with Crippen LogP contribution in [0.3, 0.4) is 0 Å². The van der Waals surface area contributed by atoms with Crippen molar-refractivity contribution in [2.24, 2.45) is 5.41 Å². The lowest BCUT2D eigenvalue weighted by atomic mass is 10.1. The molecule has 108 valence electrons.